The third kappa shape index (κ3) is 35.2. The van der Waals surface area contributed by atoms with Crippen LogP contribution in [0.5, 0.6) is 0 Å². The van der Waals surface area contributed by atoms with Gasteiger partial charge in [-0.15, -0.1) is 0 Å². The first-order valence-electron chi connectivity index (χ1n) is 36.4. The molecule has 0 saturated carbocycles. The summed E-state index contributed by atoms with van der Waals surface area (Å²) in [6.45, 7) is 38.9. The fourth-order valence-corrected chi connectivity index (χ4v) is 12.6. The third-order valence-electron chi connectivity index (χ3n) is 18.5. The molecule has 1 unspecified atom stereocenters. The summed E-state index contributed by atoms with van der Waals surface area (Å²) in [7, 11) is 0. The molecule has 96 heavy (non-hydrogen) atoms. The second-order valence-corrected chi connectivity index (χ2v) is 29.2. The lowest BCUT2D eigenvalue weighted by Gasteiger charge is -2.33. The largest absolute Gasteiger partial charge is 0.379 e. The van der Waals surface area contributed by atoms with E-state index < -0.39 is 23.9 Å². The molecule has 5 amide bonds. The van der Waals surface area contributed by atoms with Crippen molar-refractivity contribution < 1.29 is 38.2 Å². The number of allylic oxidation sites excluding steroid dienone is 26. The number of carbonyl (C=O) groups is 5. The Morgan fingerprint density at radius 1 is 0.458 bits per heavy atom. The topological polar surface area (TPSA) is 173 Å². The number of unbranched alkanes of at least 4 members (excludes halogenated alkanes) is 3. The van der Waals surface area contributed by atoms with Crippen LogP contribution in [0.4, 0.5) is 0 Å². The number of rotatable bonds is 43. The predicted octanol–water partition coefficient (Wildman–Crippen LogP) is 17.6. The Bertz CT molecular complexity index is 2940. The molecule has 5 N–H and O–H groups in total. The molecule has 0 heterocycles. The van der Waals surface area contributed by atoms with Crippen LogP contribution in [0, 0.1) is 22.2 Å². The van der Waals surface area contributed by atoms with E-state index in [9.17, 15) is 24.0 Å². The van der Waals surface area contributed by atoms with Gasteiger partial charge in [-0.05, 0) is 215 Å². The standard InChI is InChI=1S/C83H129N5O8/c1-17-18-53-94-55-57-96-58-56-95-54-29-52-86-79(92)74(39-19-21-50-84-76(89)59-65(5)33-23-30-62(2)41-44-71-68(8)36-26-47-81(71,11)12)88-80(93)75(87-78(91)61-67(7)35-25-32-64(4)43-46-73-70(10)38-28-49-83(73,15)16)40-20-22-51-85-77(90)60-66(6)34-24-31-63(3)42-45-72-69(9)37-27-48-82(72,13)14/h23-25,30-35,41-46,59,61,66,74-75H,17-22,26-29,36-40,47-58,60H2,1-16H3,(H,84,89)(H,85,90)(H,86,92)(H,87,91)(H,88,93)/b33-23+,34-24+,35-25+,44-41+,45-42+,46-43+,62-30+,63-31+,64-32+,65-59+,67-61+/t66?,74-,75-/m1/s1. The molecule has 3 rings (SSSR count). The molecule has 3 aliphatic rings. The second kappa shape index (κ2) is 46.0. The Morgan fingerprint density at radius 3 is 1.32 bits per heavy atom. The Balaban J connectivity index is 1.73. The van der Waals surface area contributed by atoms with Crippen molar-refractivity contribution in [1.29, 1.82) is 0 Å². The van der Waals surface area contributed by atoms with Gasteiger partial charge in [-0.3, -0.25) is 24.0 Å². The average Bonchev–Trinajstić information content (AvgIpc) is 0.875. The van der Waals surface area contributed by atoms with Crippen LogP contribution >= 0.6 is 0 Å². The summed E-state index contributed by atoms with van der Waals surface area (Å²) in [6, 6.07) is -1.91. The molecule has 0 fully saturated rings. The number of nitrogens with one attached hydrogen (secondary N) is 5. The smallest absolute Gasteiger partial charge is 0.244 e. The quantitative estimate of drug-likeness (QED) is 0.0228. The molecule has 0 aromatic heterocycles. The van der Waals surface area contributed by atoms with E-state index in [0.29, 0.717) is 103 Å². The first-order chi connectivity index (χ1) is 45.6. The van der Waals surface area contributed by atoms with Crippen LogP contribution < -0.4 is 26.6 Å². The molecule has 3 atom stereocenters. The monoisotopic (exact) mass is 1320 g/mol. The van der Waals surface area contributed by atoms with Gasteiger partial charge >= 0.3 is 0 Å². The van der Waals surface area contributed by atoms with E-state index in [2.05, 4.69) is 165 Å². The minimum Gasteiger partial charge on any atom is -0.379 e. The average molecular weight is 1320 g/mol. The van der Waals surface area contributed by atoms with Crippen LogP contribution in [0.15, 0.2) is 165 Å². The highest BCUT2D eigenvalue weighted by Crippen LogP contribution is 2.43. The molecule has 534 valence electrons. The Hall–Kier alpha value is -6.41. The molecule has 0 spiro atoms. The third-order valence-corrected chi connectivity index (χ3v) is 18.5. The minimum absolute atomic E-state index is 0.0209. The molecular weight excluding hydrogens is 1190 g/mol. The molecule has 0 aliphatic heterocycles. The Kier molecular flexibility index (Phi) is 40.1. The van der Waals surface area contributed by atoms with Crippen molar-refractivity contribution in [3.8, 4) is 0 Å². The van der Waals surface area contributed by atoms with E-state index in [1.807, 2.05) is 63.3 Å². The molecular formula is C83H129N5O8. The van der Waals surface area contributed by atoms with Gasteiger partial charge in [-0.25, -0.2) is 0 Å². The van der Waals surface area contributed by atoms with Gasteiger partial charge in [-0.1, -0.05) is 186 Å². The van der Waals surface area contributed by atoms with Gasteiger partial charge in [0, 0.05) is 51.4 Å². The van der Waals surface area contributed by atoms with Crippen molar-refractivity contribution in [3.05, 3.63) is 165 Å². The van der Waals surface area contributed by atoms with E-state index >= 15 is 0 Å². The zero-order valence-electron chi connectivity index (χ0n) is 62.6. The summed E-state index contributed by atoms with van der Waals surface area (Å²) in [5, 5.41) is 15.0. The molecule has 3 aliphatic carbocycles. The van der Waals surface area contributed by atoms with Crippen molar-refractivity contribution in [2.75, 3.05) is 59.3 Å². The van der Waals surface area contributed by atoms with Crippen LogP contribution in [-0.4, -0.2) is 101 Å². The van der Waals surface area contributed by atoms with Crippen LogP contribution in [0.3, 0.4) is 0 Å². The lowest BCUT2D eigenvalue weighted by Crippen LogP contribution is -2.53. The number of hydrogen-bond acceptors (Lipinski definition) is 8. The fourth-order valence-electron chi connectivity index (χ4n) is 12.6. The first kappa shape index (κ1) is 83.8. The van der Waals surface area contributed by atoms with Crippen molar-refractivity contribution in [1.82, 2.24) is 26.6 Å². The summed E-state index contributed by atoms with van der Waals surface area (Å²) < 4.78 is 16.9. The highest BCUT2D eigenvalue weighted by atomic mass is 16.5. The minimum atomic E-state index is -0.981. The number of ether oxygens (including phenoxy) is 3. The van der Waals surface area contributed by atoms with Crippen LogP contribution in [0.25, 0.3) is 0 Å². The van der Waals surface area contributed by atoms with Crippen molar-refractivity contribution >= 4 is 29.5 Å². The van der Waals surface area contributed by atoms with Crippen molar-refractivity contribution in [2.24, 2.45) is 22.2 Å². The zero-order chi connectivity index (χ0) is 70.9. The summed E-state index contributed by atoms with van der Waals surface area (Å²) in [6.07, 6.45) is 50.6. The number of carbonyl (C=O) groups excluding carboxylic acids is 5. The predicted molar refractivity (Wildman–Crippen MR) is 401 cm³/mol. The Morgan fingerprint density at radius 2 is 0.865 bits per heavy atom. The first-order valence-corrected chi connectivity index (χ1v) is 36.4. The Labute approximate surface area is 582 Å². The molecule has 0 saturated heterocycles. The van der Waals surface area contributed by atoms with Crippen molar-refractivity contribution in [3.63, 3.8) is 0 Å². The van der Waals surface area contributed by atoms with E-state index in [4.69, 9.17) is 14.2 Å². The summed E-state index contributed by atoms with van der Waals surface area (Å²) >= 11 is 0. The van der Waals surface area contributed by atoms with E-state index in [1.165, 1.54) is 78.0 Å². The van der Waals surface area contributed by atoms with Gasteiger partial charge in [-0.2, -0.15) is 0 Å². The highest BCUT2D eigenvalue weighted by Gasteiger charge is 2.30. The number of amides is 5. The highest BCUT2D eigenvalue weighted by molar-refractivity contribution is 5.95. The molecule has 0 aromatic rings. The van der Waals surface area contributed by atoms with Gasteiger partial charge in [0.1, 0.15) is 12.1 Å². The van der Waals surface area contributed by atoms with Gasteiger partial charge < -0.3 is 40.8 Å². The summed E-state index contributed by atoms with van der Waals surface area (Å²) in [5.74, 6) is -1.54. The molecule has 13 nitrogen and oxygen atoms in total. The zero-order valence-corrected chi connectivity index (χ0v) is 62.6. The maximum absolute atomic E-state index is 14.5. The SMILES string of the molecule is CCCCOCCOCCOCCCNC(=O)[C@@H](CCCCNC(=O)/C=C(C)/C=C/C=C(C)/C=C/C1=C(C)CCCC1(C)C)NC(=O)[C@@H](CCCCNC(=O)CC(C)/C=C/C=C(C)/C=C/C1=C(C)CCCC1(C)C)NC(=O)/C=C(C)/C=C/C=C(C)/C=C/C1=C(C)CCCC1(C)C. The summed E-state index contributed by atoms with van der Waals surface area (Å²) in [4.78, 5) is 68.5. The van der Waals surface area contributed by atoms with Crippen molar-refractivity contribution in [2.45, 2.75) is 245 Å². The molecule has 0 bridgehead atoms. The fraction of sp³-hybridized carbons (Fsp3) is 0.602. The van der Waals surface area contributed by atoms with Crippen LogP contribution in [-0.2, 0) is 38.2 Å². The lowest BCUT2D eigenvalue weighted by molar-refractivity contribution is -0.131. The maximum atomic E-state index is 14.5. The van der Waals surface area contributed by atoms with E-state index in [1.54, 1.807) is 6.08 Å². The molecule has 0 aromatic carbocycles. The van der Waals surface area contributed by atoms with Crippen LogP contribution in [0.1, 0.15) is 233 Å². The van der Waals surface area contributed by atoms with E-state index in [0.717, 1.165) is 61.0 Å². The normalized spacial score (nSPS) is 18.6. The molecule has 0 radical (unpaired) electrons. The van der Waals surface area contributed by atoms with Gasteiger partial charge in [0.05, 0.1) is 26.4 Å². The van der Waals surface area contributed by atoms with Gasteiger partial charge in [0.15, 0.2) is 0 Å². The summed E-state index contributed by atoms with van der Waals surface area (Å²) in [5.41, 5.74) is 14.0. The van der Waals surface area contributed by atoms with Crippen LogP contribution in [0.2, 0.25) is 0 Å². The van der Waals surface area contributed by atoms with Gasteiger partial charge in [0.2, 0.25) is 29.5 Å². The second-order valence-electron chi connectivity index (χ2n) is 29.2. The molecule has 13 heteroatoms. The van der Waals surface area contributed by atoms with Gasteiger partial charge in [0.25, 0.3) is 0 Å². The maximum Gasteiger partial charge on any atom is 0.244 e. The van der Waals surface area contributed by atoms with E-state index in [-0.39, 0.29) is 46.3 Å². The number of hydrogen-bond donors (Lipinski definition) is 5. The lowest BCUT2D eigenvalue weighted by atomic mass is 9.72.